The lowest BCUT2D eigenvalue weighted by Crippen LogP contribution is -2.15. The van der Waals surface area contributed by atoms with E-state index >= 15 is 0 Å². The first kappa shape index (κ1) is 11.5. The molecule has 0 radical (unpaired) electrons. The molecule has 1 aliphatic carbocycles. The second kappa shape index (κ2) is 4.26. The summed E-state index contributed by atoms with van der Waals surface area (Å²) in [6, 6.07) is 2.09. The van der Waals surface area contributed by atoms with Crippen molar-refractivity contribution in [2.75, 3.05) is 0 Å². The number of rotatable bonds is 3. The second-order valence-electron chi connectivity index (χ2n) is 4.27. The van der Waals surface area contributed by atoms with Gasteiger partial charge in [0.05, 0.1) is 21.1 Å². The number of benzene rings is 1. The zero-order valence-electron chi connectivity index (χ0n) is 8.90. The van der Waals surface area contributed by atoms with Gasteiger partial charge in [-0.2, -0.15) is 0 Å². The maximum absolute atomic E-state index is 14.0. The Kier molecular flexibility index (Phi) is 2.89. The van der Waals surface area contributed by atoms with Gasteiger partial charge in [-0.15, -0.1) is 0 Å². The van der Waals surface area contributed by atoms with Gasteiger partial charge in [-0.25, -0.2) is 4.39 Å². The number of fused-ring (bicyclic) bond motifs is 1. The molecule has 3 rings (SSSR count). The summed E-state index contributed by atoms with van der Waals surface area (Å²) in [6.07, 6.45) is 3.98. The predicted molar refractivity (Wildman–Crippen MR) is 68.7 cm³/mol. The van der Waals surface area contributed by atoms with Crippen LogP contribution in [0.3, 0.4) is 0 Å². The van der Waals surface area contributed by atoms with Crippen molar-refractivity contribution in [2.24, 2.45) is 0 Å². The van der Waals surface area contributed by atoms with Crippen LogP contribution in [0, 0.1) is 5.82 Å². The molecule has 0 unspecified atom stereocenters. The molecule has 0 spiro atoms. The third kappa shape index (κ3) is 2.09. The van der Waals surface area contributed by atoms with Crippen LogP contribution in [-0.4, -0.2) is 6.04 Å². The molecule has 5 heteroatoms. The lowest BCUT2D eigenvalue weighted by molar-refractivity contribution is 0.599. The van der Waals surface area contributed by atoms with E-state index in [0.29, 0.717) is 28.0 Å². The van der Waals surface area contributed by atoms with E-state index in [2.05, 4.69) is 21.2 Å². The summed E-state index contributed by atoms with van der Waals surface area (Å²) >= 11 is 9.15. The number of hydrogen-bond donors (Lipinski definition) is 1. The van der Waals surface area contributed by atoms with Crippen LogP contribution in [0.2, 0.25) is 5.02 Å². The summed E-state index contributed by atoms with van der Waals surface area (Å²) in [5, 5.41) is 3.91. The molecule has 1 aliphatic rings. The molecular weight excluding hydrogens is 308 g/mol. The first-order valence-corrected chi connectivity index (χ1v) is 6.61. The maximum atomic E-state index is 14.0. The normalized spacial score (nSPS) is 15.7. The van der Waals surface area contributed by atoms with Crippen LogP contribution >= 0.6 is 27.5 Å². The molecule has 1 fully saturated rings. The zero-order valence-corrected chi connectivity index (χ0v) is 11.2. The third-order valence-electron chi connectivity index (χ3n) is 2.93. The highest BCUT2D eigenvalue weighted by Gasteiger charge is 2.22. The van der Waals surface area contributed by atoms with Crippen LogP contribution in [-0.2, 0) is 6.54 Å². The van der Waals surface area contributed by atoms with Crippen LogP contribution in [0.1, 0.15) is 18.4 Å². The molecule has 1 aromatic carbocycles. The highest BCUT2D eigenvalue weighted by Crippen LogP contribution is 2.35. The topological polar surface area (TPSA) is 25.2 Å². The number of furan rings is 1. The minimum atomic E-state index is -0.411. The van der Waals surface area contributed by atoms with Crippen LogP contribution in [0.25, 0.3) is 11.0 Å². The lowest BCUT2D eigenvalue weighted by atomic mass is 10.1. The molecule has 17 heavy (non-hydrogen) atoms. The first-order valence-electron chi connectivity index (χ1n) is 5.44. The summed E-state index contributed by atoms with van der Waals surface area (Å²) in [5.74, 6) is -0.411. The van der Waals surface area contributed by atoms with E-state index in [1.807, 2.05) is 0 Å². The summed E-state index contributed by atoms with van der Waals surface area (Å²) in [7, 11) is 0. The van der Waals surface area contributed by atoms with E-state index < -0.39 is 5.82 Å². The second-order valence-corrected chi connectivity index (χ2v) is 5.54. The zero-order chi connectivity index (χ0) is 12.0. The molecule has 2 aromatic rings. The summed E-state index contributed by atoms with van der Waals surface area (Å²) in [6.45, 7) is 0.612. The Morgan fingerprint density at radius 3 is 3.00 bits per heavy atom. The molecule has 0 saturated heterocycles. The summed E-state index contributed by atoms with van der Waals surface area (Å²) in [5.41, 5.74) is 1.33. The summed E-state index contributed by atoms with van der Waals surface area (Å²) in [4.78, 5) is 0. The molecule has 0 bridgehead atoms. The SMILES string of the molecule is Fc1c(Cl)cc(Br)c2occ(CNC3CC3)c12. The minimum absolute atomic E-state index is 0.110. The fraction of sp³-hybridized carbons (Fsp3) is 0.333. The van der Waals surface area contributed by atoms with E-state index in [4.69, 9.17) is 16.0 Å². The van der Waals surface area contributed by atoms with Gasteiger partial charge in [0.15, 0.2) is 11.4 Å². The number of hydrogen-bond acceptors (Lipinski definition) is 2. The van der Waals surface area contributed by atoms with Gasteiger partial charge >= 0.3 is 0 Å². The van der Waals surface area contributed by atoms with Crippen molar-refractivity contribution in [3.63, 3.8) is 0 Å². The standard InChI is InChI=1S/C12H10BrClFNO/c13-8-3-9(14)11(15)10-6(5-17-12(8)10)4-16-7-1-2-7/h3,5,7,16H,1-2,4H2. The number of nitrogens with one attached hydrogen (secondary N) is 1. The highest BCUT2D eigenvalue weighted by atomic mass is 79.9. The largest absolute Gasteiger partial charge is 0.463 e. The molecule has 0 atom stereocenters. The Morgan fingerprint density at radius 2 is 2.29 bits per heavy atom. The predicted octanol–water partition coefficient (Wildman–Crippen LogP) is 4.24. The van der Waals surface area contributed by atoms with Gasteiger partial charge in [-0.3, -0.25) is 0 Å². The summed E-state index contributed by atoms with van der Waals surface area (Å²) < 4.78 is 20.0. The van der Waals surface area contributed by atoms with Gasteiger partial charge in [0, 0.05) is 18.2 Å². The molecule has 2 nitrogen and oxygen atoms in total. The van der Waals surface area contributed by atoms with Crippen LogP contribution in [0.4, 0.5) is 4.39 Å². The van der Waals surface area contributed by atoms with Gasteiger partial charge < -0.3 is 9.73 Å². The van der Waals surface area contributed by atoms with Gasteiger partial charge in [-0.05, 0) is 34.8 Å². The average molecular weight is 319 g/mol. The quantitative estimate of drug-likeness (QED) is 0.856. The number of halogens is 3. The Labute approximate surface area is 111 Å². The van der Waals surface area contributed by atoms with E-state index in [9.17, 15) is 4.39 Å². The maximum Gasteiger partial charge on any atom is 0.153 e. The lowest BCUT2D eigenvalue weighted by Gasteiger charge is -2.02. The molecule has 1 N–H and O–H groups in total. The fourth-order valence-electron chi connectivity index (χ4n) is 1.84. The van der Waals surface area contributed by atoms with Crippen molar-refractivity contribution in [3.05, 3.63) is 33.2 Å². The first-order chi connectivity index (χ1) is 8.16. The van der Waals surface area contributed by atoms with Crippen molar-refractivity contribution in [3.8, 4) is 0 Å². The van der Waals surface area contributed by atoms with Crippen molar-refractivity contribution < 1.29 is 8.81 Å². The van der Waals surface area contributed by atoms with Gasteiger partial charge in [0.25, 0.3) is 0 Å². The molecule has 1 aromatic heterocycles. The van der Waals surface area contributed by atoms with Crippen molar-refractivity contribution in [1.29, 1.82) is 0 Å². The van der Waals surface area contributed by atoms with E-state index in [-0.39, 0.29) is 5.02 Å². The smallest absolute Gasteiger partial charge is 0.153 e. The Morgan fingerprint density at radius 1 is 1.53 bits per heavy atom. The van der Waals surface area contributed by atoms with Crippen LogP contribution in [0.15, 0.2) is 21.2 Å². The Balaban J connectivity index is 2.05. The fourth-order valence-corrected chi connectivity index (χ4v) is 2.70. The monoisotopic (exact) mass is 317 g/mol. The molecule has 90 valence electrons. The molecular formula is C12H10BrClFNO. The van der Waals surface area contributed by atoms with Crippen molar-refractivity contribution in [2.45, 2.75) is 25.4 Å². The molecule has 0 aliphatic heterocycles. The Hall–Kier alpha value is -0.580. The van der Waals surface area contributed by atoms with E-state index in [0.717, 1.165) is 5.56 Å². The molecule has 1 heterocycles. The van der Waals surface area contributed by atoms with Gasteiger partial charge in [0.1, 0.15) is 0 Å². The average Bonchev–Trinajstić information content (AvgIpc) is 3.02. The Bertz CT molecular complexity index is 579. The van der Waals surface area contributed by atoms with Crippen molar-refractivity contribution in [1.82, 2.24) is 5.32 Å². The van der Waals surface area contributed by atoms with Crippen LogP contribution < -0.4 is 5.32 Å². The van der Waals surface area contributed by atoms with E-state index in [1.54, 1.807) is 6.26 Å². The van der Waals surface area contributed by atoms with Crippen molar-refractivity contribution >= 4 is 38.5 Å². The highest BCUT2D eigenvalue weighted by molar-refractivity contribution is 9.10. The van der Waals surface area contributed by atoms with Crippen LogP contribution in [0.5, 0.6) is 0 Å². The minimum Gasteiger partial charge on any atom is -0.463 e. The molecule has 1 saturated carbocycles. The third-order valence-corrected chi connectivity index (χ3v) is 3.79. The van der Waals surface area contributed by atoms with Gasteiger partial charge in [0.2, 0.25) is 0 Å². The molecule has 0 amide bonds. The van der Waals surface area contributed by atoms with E-state index in [1.165, 1.54) is 18.9 Å². The van der Waals surface area contributed by atoms with Gasteiger partial charge in [-0.1, -0.05) is 11.6 Å².